The second-order valence-corrected chi connectivity index (χ2v) is 8.43. The molecule has 0 spiro atoms. The van der Waals surface area contributed by atoms with Gasteiger partial charge in [0.2, 0.25) is 5.91 Å². The molecule has 6 nitrogen and oxygen atoms in total. The topological polar surface area (TPSA) is 87.3 Å². The third-order valence-electron chi connectivity index (χ3n) is 4.46. The zero-order valence-electron chi connectivity index (χ0n) is 15.9. The minimum atomic E-state index is -5.43. The van der Waals surface area contributed by atoms with Crippen LogP contribution in [0.2, 0.25) is 0 Å². The standard InChI is InChI=1S/C19H11Cl2F6N3O3/c20-18(21)6-9(18)16(32)28-7-1-2-10(22)8(5-7)15(31)29-12-4-3-11(23)14(13(12)24)30-17(33)19(25,26)27/h1-5,9H,6H2,(H,28,32)(H,29,31)(H,30,33). The van der Waals surface area contributed by atoms with Gasteiger partial charge in [0.05, 0.1) is 17.2 Å². The molecule has 33 heavy (non-hydrogen) atoms. The van der Waals surface area contributed by atoms with Gasteiger partial charge in [-0.1, -0.05) is 0 Å². The fraction of sp³-hybridized carbons (Fsp3) is 0.211. The molecule has 0 aromatic heterocycles. The van der Waals surface area contributed by atoms with Gasteiger partial charge in [-0.2, -0.15) is 13.2 Å². The first-order chi connectivity index (χ1) is 15.2. The van der Waals surface area contributed by atoms with Gasteiger partial charge in [0.1, 0.15) is 21.7 Å². The van der Waals surface area contributed by atoms with Crippen LogP contribution in [-0.4, -0.2) is 28.2 Å². The highest BCUT2D eigenvalue weighted by molar-refractivity contribution is 6.52. The Kier molecular flexibility index (Phi) is 6.53. The first-order valence-electron chi connectivity index (χ1n) is 8.86. The molecule has 0 saturated heterocycles. The smallest absolute Gasteiger partial charge is 0.326 e. The van der Waals surface area contributed by atoms with Crippen LogP contribution in [0.25, 0.3) is 0 Å². The normalized spacial score (nSPS) is 16.7. The molecule has 1 aliphatic rings. The molecule has 176 valence electrons. The molecule has 1 aliphatic carbocycles. The second kappa shape index (κ2) is 8.75. The van der Waals surface area contributed by atoms with E-state index in [1.165, 1.54) is 0 Å². The highest BCUT2D eigenvalue weighted by atomic mass is 35.5. The maximum absolute atomic E-state index is 14.5. The summed E-state index contributed by atoms with van der Waals surface area (Å²) in [5.74, 6) is -9.61. The van der Waals surface area contributed by atoms with Gasteiger partial charge in [-0.15, -0.1) is 23.2 Å². The predicted octanol–water partition coefficient (Wildman–Crippen LogP) is 4.99. The lowest BCUT2D eigenvalue weighted by atomic mass is 10.1. The Labute approximate surface area is 191 Å². The van der Waals surface area contributed by atoms with Gasteiger partial charge < -0.3 is 16.0 Å². The van der Waals surface area contributed by atoms with E-state index in [4.69, 9.17) is 23.2 Å². The van der Waals surface area contributed by atoms with E-state index in [1.807, 2.05) is 5.32 Å². The summed E-state index contributed by atoms with van der Waals surface area (Å²) >= 11 is 11.6. The van der Waals surface area contributed by atoms with Crippen molar-refractivity contribution in [3.05, 3.63) is 53.3 Å². The molecule has 1 unspecified atom stereocenters. The van der Waals surface area contributed by atoms with Gasteiger partial charge >= 0.3 is 12.1 Å². The van der Waals surface area contributed by atoms with Crippen molar-refractivity contribution in [2.45, 2.75) is 16.9 Å². The van der Waals surface area contributed by atoms with Crippen LogP contribution >= 0.6 is 23.2 Å². The van der Waals surface area contributed by atoms with Crippen LogP contribution in [0.3, 0.4) is 0 Å². The number of rotatable bonds is 5. The van der Waals surface area contributed by atoms with Crippen LogP contribution in [0, 0.1) is 23.4 Å². The van der Waals surface area contributed by atoms with Crippen LogP contribution in [-0.2, 0) is 9.59 Å². The molecule has 3 amide bonds. The molecule has 0 bridgehead atoms. The number of nitrogens with one attached hydrogen (secondary N) is 3. The zero-order chi connectivity index (χ0) is 24.7. The molecule has 0 aliphatic heterocycles. The SMILES string of the molecule is O=C(Nc1ccc(F)c(NC(=O)C(F)(F)F)c1F)c1cc(NC(=O)C2CC2(Cl)Cl)ccc1F. The molecule has 3 rings (SSSR count). The third kappa shape index (κ3) is 5.50. The van der Waals surface area contributed by atoms with Crippen molar-refractivity contribution in [1.29, 1.82) is 0 Å². The van der Waals surface area contributed by atoms with Gasteiger partial charge in [0, 0.05) is 5.69 Å². The quantitative estimate of drug-likeness (QED) is 0.388. The minimum absolute atomic E-state index is 0.0275. The van der Waals surface area contributed by atoms with Crippen molar-refractivity contribution in [2.75, 3.05) is 16.0 Å². The summed E-state index contributed by atoms with van der Waals surface area (Å²) in [7, 11) is 0. The molecule has 1 saturated carbocycles. The highest BCUT2D eigenvalue weighted by Crippen LogP contribution is 2.53. The number of hydrogen-bond donors (Lipinski definition) is 3. The van der Waals surface area contributed by atoms with E-state index in [1.54, 1.807) is 0 Å². The van der Waals surface area contributed by atoms with Crippen LogP contribution in [0.15, 0.2) is 30.3 Å². The van der Waals surface area contributed by atoms with E-state index in [2.05, 4.69) is 5.32 Å². The first kappa shape index (κ1) is 24.6. The monoisotopic (exact) mass is 513 g/mol. The summed E-state index contributed by atoms with van der Waals surface area (Å²) in [5, 5.41) is 5.27. The molecular weight excluding hydrogens is 503 g/mol. The van der Waals surface area contributed by atoms with E-state index in [0.717, 1.165) is 23.5 Å². The lowest BCUT2D eigenvalue weighted by molar-refractivity contribution is -0.167. The van der Waals surface area contributed by atoms with E-state index in [0.29, 0.717) is 12.1 Å². The van der Waals surface area contributed by atoms with Crippen molar-refractivity contribution in [3.63, 3.8) is 0 Å². The van der Waals surface area contributed by atoms with Gasteiger partial charge in [-0.05, 0) is 36.8 Å². The van der Waals surface area contributed by atoms with Crippen molar-refractivity contribution in [3.8, 4) is 0 Å². The maximum Gasteiger partial charge on any atom is 0.471 e. The maximum atomic E-state index is 14.5. The second-order valence-electron chi connectivity index (χ2n) is 6.89. The number of hydrogen-bond acceptors (Lipinski definition) is 3. The summed E-state index contributed by atoms with van der Waals surface area (Å²) in [5.41, 5.74) is -3.03. The molecule has 1 fully saturated rings. The summed E-state index contributed by atoms with van der Waals surface area (Å²) in [6.07, 6.45) is -5.24. The Morgan fingerprint density at radius 1 is 0.939 bits per heavy atom. The Morgan fingerprint density at radius 3 is 2.12 bits per heavy atom. The number of carbonyl (C=O) groups excluding carboxylic acids is 3. The van der Waals surface area contributed by atoms with Gasteiger partial charge in [0.25, 0.3) is 5.91 Å². The van der Waals surface area contributed by atoms with Crippen LogP contribution in [0.4, 0.5) is 43.4 Å². The van der Waals surface area contributed by atoms with E-state index in [9.17, 15) is 40.7 Å². The zero-order valence-corrected chi connectivity index (χ0v) is 17.4. The minimum Gasteiger partial charge on any atom is -0.326 e. The number of anilines is 3. The summed E-state index contributed by atoms with van der Waals surface area (Å²) in [6, 6.07) is 3.99. The predicted molar refractivity (Wildman–Crippen MR) is 107 cm³/mol. The number of benzene rings is 2. The number of alkyl halides is 5. The number of amides is 3. The lowest BCUT2D eigenvalue weighted by Crippen LogP contribution is -2.31. The molecular formula is C19H11Cl2F6N3O3. The fourth-order valence-corrected chi connectivity index (χ4v) is 3.15. The fourth-order valence-electron chi connectivity index (χ4n) is 2.64. The highest BCUT2D eigenvalue weighted by Gasteiger charge is 2.56. The van der Waals surface area contributed by atoms with Crippen LogP contribution in [0.5, 0.6) is 0 Å². The Morgan fingerprint density at radius 2 is 1.55 bits per heavy atom. The molecule has 1 atom stereocenters. The largest absolute Gasteiger partial charge is 0.471 e. The number of halogens is 8. The van der Waals surface area contributed by atoms with Crippen molar-refractivity contribution in [2.24, 2.45) is 5.92 Å². The molecule has 3 N–H and O–H groups in total. The van der Waals surface area contributed by atoms with E-state index >= 15 is 0 Å². The average Bonchev–Trinajstić information content (AvgIpc) is 3.36. The molecule has 2 aromatic carbocycles. The molecule has 0 heterocycles. The first-order valence-corrected chi connectivity index (χ1v) is 9.62. The Balaban J connectivity index is 1.80. The summed E-state index contributed by atoms with van der Waals surface area (Å²) in [4.78, 5) is 35.5. The van der Waals surface area contributed by atoms with Crippen LogP contribution in [0.1, 0.15) is 16.8 Å². The van der Waals surface area contributed by atoms with Gasteiger partial charge in [0.15, 0.2) is 5.82 Å². The van der Waals surface area contributed by atoms with Gasteiger partial charge in [-0.3, -0.25) is 14.4 Å². The summed E-state index contributed by atoms with van der Waals surface area (Å²) in [6.45, 7) is 0. The third-order valence-corrected chi connectivity index (χ3v) is 5.29. The van der Waals surface area contributed by atoms with Crippen molar-refractivity contribution >= 4 is 58.0 Å². The molecule has 14 heteroatoms. The average molecular weight is 514 g/mol. The Bertz CT molecular complexity index is 1160. The van der Waals surface area contributed by atoms with E-state index < -0.39 is 68.5 Å². The van der Waals surface area contributed by atoms with Crippen LogP contribution < -0.4 is 16.0 Å². The molecule has 0 radical (unpaired) electrons. The molecule has 2 aromatic rings. The lowest BCUT2D eigenvalue weighted by Gasteiger charge is -2.14. The Hall–Kier alpha value is -2.99. The summed E-state index contributed by atoms with van der Waals surface area (Å²) < 4.78 is 78.3. The van der Waals surface area contributed by atoms with Crippen molar-refractivity contribution in [1.82, 2.24) is 0 Å². The number of carbonyl (C=O) groups is 3. The van der Waals surface area contributed by atoms with Crippen molar-refractivity contribution < 1.29 is 40.7 Å². The van der Waals surface area contributed by atoms with E-state index in [-0.39, 0.29) is 12.1 Å². The van der Waals surface area contributed by atoms with Gasteiger partial charge in [-0.25, -0.2) is 13.2 Å².